The molecule has 0 bridgehead atoms. The summed E-state index contributed by atoms with van der Waals surface area (Å²) in [4.78, 5) is 7.95. The number of imidazole rings is 1. The number of aromatic hydroxyl groups is 1. The quantitative estimate of drug-likeness (QED) is 0.755. The van der Waals surface area contributed by atoms with Gasteiger partial charge in [-0.3, -0.25) is 0 Å². The minimum absolute atomic E-state index is 0.0180. The third-order valence-electron chi connectivity index (χ3n) is 2.19. The summed E-state index contributed by atoms with van der Waals surface area (Å²) in [6.45, 7) is 8.99. The molecule has 16 heavy (non-hydrogen) atoms. The molecule has 0 aliphatic heterocycles. The van der Waals surface area contributed by atoms with E-state index in [1.807, 2.05) is 0 Å². The molecule has 0 atom stereocenters. The lowest BCUT2D eigenvalue weighted by Gasteiger charge is -2.07. The van der Waals surface area contributed by atoms with E-state index in [9.17, 15) is 10.2 Å². The molecule has 0 aromatic carbocycles. The van der Waals surface area contributed by atoms with Crippen LogP contribution in [0.25, 0.3) is 17.1 Å². The van der Waals surface area contributed by atoms with Crippen molar-refractivity contribution in [3.8, 4) is 5.88 Å². The maximum atomic E-state index is 9.60. The van der Waals surface area contributed by atoms with Crippen LogP contribution in [0.1, 0.15) is 18.3 Å². The van der Waals surface area contributed by atoms with Gasteiger partial charge >= 0.3 is 0 Å². The van der Waals surface area contributed by atoms with Gasteiger partial charge in [0, 0.05) is 0 Å². The zero-order valence-corrected chi connectivity index (χ0v) is 8.80. The topological polar surface area (TPSA) is 70.7 Å². The zero-order valence-electron chi connectivity index (χ0n) is 8.80. The summed E-state index contributed by atoms with van der Waals surface area (Å²) in [5, 5.41) is 18.9. The number of aliphatic hydroxyl groups is 1. The fourth-order valence-electron chi connectivity index (χ4n) is 1.44. The Balaban J connectivity index is 2.86. The van der Waals surface area contributed by atoms with Crippen molar-refractivity contribution >= 4 is 17.1 Å². The molecule has 0 aliphatic carbocycles. The molecule has 2 aromatic heterocycles. The zero-order chi connectivity index (χ0) is 11.9. The van der Waals surface area contributed by atoms with Gasteiger partial charge in [0.2, 0.25) is 11.7 Å². The third kappa shape index (κ3) is 1.42. The number of aliphatic hydroxyl groups excluding tert-OH is 1. The number of nitrogens with zero attached hydrogens (tertiary/aromatic N) is 3. The molecule has 0 saturated heterocycles. The lowest BCUT2D eigenvalue weighted by atomic mass is 10.2. The van der Waals surface area contributed by atoms with E-state index in [1.165, 1.54) is 10.6 Å². The molecule has 82 valence electrons. The molecule has 0 saturated carbocycles. The molecule has 5 nitrogen and oxygen atoms in total. The monoisotopic (exact) mass is 217 g/mol. The molecule has 0 amide bonds. The van der Waals surface area contributed by atoms with E-state index in [-0.39, 0.29) is 11.6 Å². The van der Waals surface area contributed by atoms with Crippen molar-refractivity contribution in [2.24, 2.45) is 0 Å². The highest BCUT2D eigenvalue weighted by molar-refractivity contribution is 5.66. The van der Waals surface area contributed by atoms with Gasteiger partial charge in [-0.1, -0.05) is 13.2 Å². The second kappa shape index (κ2) is 3.37. The van der Waals surface area contributed by atoms with Crippen molar-refractivity contribution < 1.29 is 10.2 Å². The Labute approximate surface area is 92.0 Å². The summed E-state index contributed by atoms with van der Waals surface area (Å²) in [7, 11) is 0. The van der Waals surface area contributed by atoms with Gasteiger partial charge in [0.25, 0.3) is 0 Å². The van der Waals surface area contributed by atoms with Crippen molar-refractivity contribution in [2.75, 3.05) is 0 Å². The van der Waals surface area contributed by atoms with Crippen LogP contribution in [0, 0.1) is 0 Å². The summed E-state index contributed by atoms with van der Waals surface area (Å²) >= 11 is 0. The Morgan fingerprint density at radius 3 is 2.69 bits per heavy atom. The van der Waals surface area contributed by atoms with E-state index >= 15 is 0 Å². The van der Waals surface area contributed by atoms with Crippen LogP contribution < -0.4 is 0 Å². The summed E-state index contributed by atoms with van der Waals surface area (Å²) in [6, 6.07) is 1.60. The molecular formula is C11H11N3O2. The predicted octanol–water partition coefficient (Wildman–Crippen LogP) is 2.00. The van der Waals surface area contributed by atoms with E-state index in [1.54, 1.807) is 13.0 Å². The first kappa shape index (κ1) is 10.2. The molecule has 2 N–H and O–H groups in total. The highest BCUT2D eigenvalue weighted by atomic mass is 16.3. The minimum atomic E-state index is -0.146. The van der Waals surface area contributed by atoms with Crippen molar-refractivity contribution in [2.45, 2.75) is 6.92 Å². The molecule has 0 spiro atoms. The highest BCUT2D eigenvalue weighted by Crippen LogP contribution is 2.22. The van der Waals surface area contributed by atoms with Crippen molar-refractivity contribution in [1.29, 1.82) is 0 Å². The summed E-state index contributed by atoms with van der Waals surface area (Å²) in [5.41, 5.74) is 1.67. The van der Waals surface area contributed by atoms with Crippen LogP contribution in [0.15, 0.2) is 25.4 Å². The Bertz CT molecular complexity index is 599. The van der Waals surface area contributed by atoms with Crippen LogP contribution in [-0.4, -0.2) is 24.6 Å². The lowest BCUT2D eigenvalue weighted by molar-refractivity contribution is 0.447. The Morgan fingerprint density at radius 1 is 1.44 bits per heavy atom. The van der Waals surface area contributed by atoms with Crippen LogP contribution >= 0.6 is 0 Å². The molecule has 2 rings (SSSR count). The van der Waals surface area contributed by atoms with E-state index in [2.05, 4.69) is 23.1 Å². The highest BCUT2D eigenvalue weighted by Gasteiger charge is 2.12. The molecule has 0 aliphatic rings. The van der Waals surface area contributed by atoms with Gasteiger partial charge in [0.15, 0.2) is 0 Å². The lowest BCUT2D eigenvalue weighted by Crippen LogP contribution is -2.00. The number of fused-ring (bicyclic) bond motifs is 1. The fraction of sp³-hybridized carbons (Fsp3) is 0.0909. The standard InChI is InChI=1S/C11H11N3O2/c1-6(2)9-4-8(7(3)15)13-11-12-5-10(16)14(9)11/h4-5,15-16H,1,3H2,2H3. The normalized spacial score (nSPS) is 10.6. The van der Waals surface area contributed by atoms with Gasteiger partial charge in [0.05, 0.1) is 11.9 Å². The summed E-state index contributed by atoms with van der Waals surface area (Å²) < 4.78 is 1.45. The minimum Gasteiger partial charge on any atom is -0.506 e. The smallest absolute Gasteiger partial charge is 0.237 e. The van der Waals surface area contributed by atoms with Gasteiger partial charge in [-0.25, -0.2) is 14.4 Å². The molecule has 2 aromatic rings. The Kier molecular flexibility index (Phi) is 2.16. The van der Waals surface area contributed by atoms with E-state index in [4.69, 9.17) is 0 Å². The average Bonchev–Trinajstić information content (AvgIpc) is 2.59. The first-order chi connectivity index (χ1) is 7.50. The average molecular weight is 217 g/mol. The van der Waals surface area contributed by atoms with Crippen LogP contribution in [0.2, 0.25) is 0 Å². The summed E-state index contributed by atoms with van der Waals surface area (Å²) in [6.07, 6.45) is 1.29. The Hall–Kier alpha value is -2.30. The van der Waals surface area contributed by atoms with Gasteiger partial charge in [0.1, 0.15) is 11.5 Å². The molecule has 2 heterocycles. The van der Waals surface area contributed by atoms with Crippen molar-refractivity contribution in [3.63, 3.8) is 0 Å². The van der Waals surface area contributed by atoms with E-state index < -0.39 is 0 Å². The molecule has 0 unspecified atom stereocenters. The first-order valence-corrected chi connectivity index (χ1v) is 4.62. The fourth-order valence-corrected chi connectivity index (χ4v) is 1.44. The second-order valence-electron chi connectivity index (χ2n) is 3.51. The van der Waals surface area contributed by atoms with Crippen LogP contribution in [0.3, 0.4) is 0 Å². The number of allylic oxidation sites excluding steroid dienone is 1. The number of rotatable bonds is 2. The molecule has 0 fully saturated rings. The second-order valence-corrected chi connectivity index (χ2v) is 3.51. The predicted molar refractivity (Wildman–Crippen MR) is 61.0 cm³/mol. The van der Waals surface area contributed by atoms with E-state index in [0.29, 0.717) is 17.2 Å². The van der Waals surface area contributed by atoms with Crippen LogP contribution in [-0.2, 0) is 0 Å². The molecule has 0 radical (unpaired) electrons. The maximum Gasteiger partial charge on any atom is 0.237 e. The number of hydrogen-bond donors (Lipinski definition) is 2. The van der Waals surface area contributed by atoms with Gasteiger partial charge in [-0.2, -0.15) is 0 Å². The number of aromatic nitrogens is 3. The maximum absolute atomic E-state index is 9.60. The SMILES string of the molecule is C=C(O)c1cc(C(=C)C)n2c(O)cnc2n1. The Morgan fingerprint density at radius 2 is 2.12 bits per heavy atom. The third-order valence-corrected chi connectivity index (χ3v) is 2.19. The van der Waals surface area contributed by atoms with Crippen molar-refractivity contribution in [1.82, 2.24) is 14.4 Å². The molecule has 5 heteroatoms. The van der Waals surface area contributed by atoms with Gasteiger partial charge < -0.3 is 10.2 Å². The van der Waals surface area contributed by atoms with Crippen LogP contribution in [0.4, 0.5) is 0 Å². The van der Waals surface area contributed by atoms with Gasteiger partial charge in [-0.05, 0) is 18.6 Å². The largest absolute Gasteiger partial charge is 0.506 e. The summed E-state index contributed by atoms with van der Waals surface area (Å²) in [5.74, 6) is 0.131. The molecular weight excluding hydrogens is 206 g/mol. The van der Waals surface area contributed by atoms with Gasteiger partial charge in [-0.15, -0.1) is 0 Å². The van der Waals surface area contributed by atoms with E-state index in [0.717, 1.165) is 5.57 Å². The number of hydrogen-bond acceptors (Lipinski definition) is 4. The first-order valence-electron chi connectivity index (χ1n) is 4.62. The van der Waals surface area contributed by atoms with Crippen LogP contribution in [0.5, 0.6) is 5.88 Å². The van der Waals surface area contributed by atoms with Crippen molar-refractivity contribution in [3.05, 3.63) is 36.8 Å².